The van der Waals surface area contributed by atoms with E-state index in [9.17, 15) is 8.78 Å². The Hall–Kier alpha value is -1.53. The number of rotatable bonds is 6. The van der Waals surface area contributed by atoms with Crippen molar-refractivity contribution >= 4 is 17.0 Å². The molecule has 6 heteroatoms. The molecule has 2 rings (SSSR count). The van der Waals surface area contributed by atoms with E-state index < -0.39 is 11.6 Å². The van der Waals surface area contributed by atoms with Crippen molar-refractivity contribution in [3.05, 3.63) is 45.4 Å². The standard InChI is InChI=1S/C15H19F2N3S/c1-4-18-7-11-5-13(16)15(14(17)6-11)20(3)8-12-9-21-10(2)19-12/h5-6,9,18H,4,7-8H2,1-3H3. The molecule has 0 amide bonds. The van der Waals surface area contributed by atoms with Crippen LogP contribution in [0.2, 0.25) is 0 Å². The van der Waals surface area contributed by atoms with Gasteiger partial charge in [-0.1, -0.05) is 6.92 Å². The van der Waals surface area contributed by atoms with E-state index in [0.29, 0.717) is 18.7 Å². The summed E-state index contributed by atoms with van der Waals surface area (Å²) in [4.78, 5) is 5.87. The minimum Gasteiger partial charge on any atom is -0.364 e. The number of anilines is 1. The Kier molecular flexibility index (Phi) is 5.25. The van der Waals surface area contributed by atoms with Gasteiger partial charge in [-0.25, -0.2) is 13.8 Å². The van der Waals surface area contributed by atoms with Crippen molar-refractivity contribution in [2.45, 2.75) is 26.9 Å². The fourth-order valence-corrected chi connectivity index (χ4v) is 2.76. The third kappa shape index (κ3) is 3.98. The topological polar surface area (TPSA) is 28.2 Å². The summed E-state index contributed by atoms with van der Waals surface area (Å²) in [6, 6.07) is 2.76. The maximum absolute atomic E-state index is 14.2. The second-order valence-corrected chi connectivity index (χ2v) is 5.96. The molecular formula is C15H19F2N3S. The van der Waals surface area contributed by atoms with Gasteiger partial charge in [-0.3, -0.25) is 0 Å². The van der Waals surface area contributed by atoms with Crippen molar-refractivity contribution in [1.82, 2.24) is 10.3 Å². The predicted molar refractivity (Wildman–Crippen MR) is 82.7 cm³/mol. The maximum Gasteiger partial charge on any atom is 0.149 e. The Balaban J connectivity index is 2.18. The third-order valence-electron chi connectivity index (χ3n) is 3.10. The molecule has 0 spiro atoms. The van der Waals surface area contributed by atoms with Gasteiger partial charge in [-0.2, -0.15) is 0 Å². The first-order valence-corrected chi connectivity index (χ1v) is 7.70. The van der Waals surface area contributed by atoms with Crippen LogP contribution >= 0.6 is 11.3 Å². The van der Waals surface area contributed by atoms with Crippen LogP contribution in [0.4, 0.5) is 14.5 Å². The number of aryl methyl sites for hydroxylation is 1. The maximum atomic E-state index is 14.2. The molecule has 2 aromatic rings. The van der Waals surface area contributed by atoms with Crippen molar-refractivity contribution < 1.29 is 8.78 Å². The lowest BCUT2D eigenvalue weighted by molar-refractivity contribution is 0.569. The SMILES string of the molecule is CCNCc1cc(F)c(N(C)Cc2csc(C)n2)c(F)c1. The Bertz CT molecular complexity index is 590. The van der Waals surface area contributed by atoms with Gasteiger partial charge in [-0.15, -0.1) is 11.3 Å². The summed E-state index contributed by atoms with van der Waals surface area (Å²) in [7, 11) is 1.67. The quantitative estimate of drug-likeness (QED) is 0.885. The van der Waals surface area contributed by atoms with Crippen molar-refractivity contribution in [3.8, 4) is 0 Å². The van der Waals surface area contributed by atoms with Gasteiger partial charge in [0.25, 0.3) is 0 Å². The van der Waals surface area contributed by atoms with Gasteiger partial charge in [-0.05, 0) is 31.2 Å². The second-order valence-electron chi connectivity index (χ2n) is 4.90. The number of thiazole rings is 1. The van der Waals surface area contributed by atoms with Crippen molar-refractivity contribution in [1.29, 1.82) is 0 Å². The van der Waals surface area contributed by atoms with Crippen molar-refractivity contribution in [2.75, 3.05) is 18.5 Å². The Morgan fingerprint density at radius 1 is 1.29 bits per heavy atom. The van der Waals surface area contributed by atoms with Crippen LogP contribution < -0.4 is 10.2 Å². The van der Waals surface area contributed by atoms with Gasteiger partial charge in [0.2, 0.25) is 0 Å². The van der Waals surface area contributed by atoms with E-state index in [0.717, 1.165) is 17.2 Å². The lowest BCUT2D eigenvalue weighted by atomic mass is 10.1. The average Bonchev–Trinajstić information content (AvgIpc) is 2.81. The summed E-state index contributed by atoms with van der Waals surface area (Å²) in [5.74, 6) is -1.09. The summed E-state index contributed by atoms with van der Waals surface area (Å²) in [5, 5.41) is 5.90. The molecule has 0 aliphatic heterocycles. The number of hydrogen-bond acceptors (Lipinski definition) is 4. The first-order valence-electron chi connectivity index (χ1n) is 6.82. The largest absolute Gasteiger partial charge is 0.364 e. The van der Waals surface area contributed by atoms with E-state index in [1.807, 2.05) is 19.2 Å². The zero-order valence-electron chi connectivity index (χ0n) is 12.4. The predicted octanol–water partition coefficient (Wildman–Crippen LogP) is 3.48. The molecule has 0 unspecified atom stereocenters. The van der Waals surface area contributed by atoms with E-state index in [-0.39, 0.29) is 5.69 Å². The molecular weight excluding hydrogens is 292 g/mol. The van der Waals surface area contributed by atoms with Gasteiger partial charge >= 0.3 is 0 Å². The van der Waals surface area contributed by atoms with Gasteiger partial charge < -0.3 is 10.2 Å². The number of halogens is 2. The first kappa shape index (κ1) is 15.9. The summed E-state index contributed by atoms with van der Waals surface area (Å²) in [6.07, 6.45) is 0. The highest BCUT2D eigenvalue weighted by atomic mass is 32.1. The van der Waals surface area contributed by atoms with E-state index in [4.69, 9.17) is 0 Å². The van der Waals surface area contributed by atoms with Crippen LogP contribution in [0.25, 0.3) is 0 Å². The summed E-state index contributed by atoms with van der Waals surface area (Å²) in [6.45, 7) is 5.45. The van der Waals surface area contributed by atoms with E-state index >= 15 is 0 Å². The summed E-state index contributed by atoms with van der Waals surface area (Å²) < 4.78 is 28.3. The zero-order chi connectivity index (χ0) is 15.4. The molecule has 21 heavy (non-hydrogen) atoms. The summed E-state index contributed by atoms with van der Waals surface area (Å²) in [5.41, 5.74) is 1.41. The molecule has 0 saturated carbocycles. The molecule has 1 N–H and O–H groups in total. The Labute approximate surface area is 127 Å². The molecule has 0 aliphatic carbocycles. The highest BCUT2D eigenvalue weighted by Crippen LogP contribution is 2.25. The normalized spacial score (nSPS) is 10.9. The van der Waals surface area contributed by atoms with Crippen LogP contribution in [0.1, 0.15) is 23.2 Å². The molecule has 0 radical (unpaired) electrons. The Morgan fingerprint density at radius 3 is 2.48 bits per heavy atom. The number of aromatic nitrogens is 1. The molecule has 1 aromatic heterocycles. The van der Waals surface area contributed by atoms with Crippen molar-refractivity contribution in [2.24, 2.45) is 0 Å². The first-order chi connectivity index (χ1) is 10.0. The lowest BCUT2D eigenvalue weighted by Crippen LogP contribution is -2.20. The monoisotopic (exact) mass is 311 g/mol. The van der Waals surface area contributed by atoms with Gasteiger partial charge in [0, 0.05) is 19.0 Å². The zero-order valence-corrected chi connectivity index (χ0v) is 13.2. The molecule has 114 valence electrons. The fourth-order valence-electron chi connectivity index (χ4n) is 2.16. The second kappa shape index (κ2) is 6.95. The van der Waals surface area contributed by atoms with Crippen LogP contribution in [-0.4, -0.2) is 18.6 Å². The van der Waals surface area contributed by atoms with Crippen LogP contribution in [0.3, 0.4) is 0 Å². The molecule has 1 aromatic carbocycles. The number of benzene rings is 1. The smallest absolute Gasteiger partial charge is 0.149 e. The average molecular weight is 311 g/mol. The van der Waals surface area contributed by atoms with Crippen LogP contribution in [0.5, 0.6) is 0 Å². The molecule has 0 saturated heterocycles. The van der Waals surface area contributed by atoms with Crippen molar-refractivity contribution in [3.63, 3.8) is 0 Å². The van der Waals surface area contributed by atoms with Gasteiger partial charge in [0.1, 0.15) is 17.3 Å². The van der Waals surface area contributed by atoms with Crippen LogP contribution in [0, 0.1) is 18.6 Å². The van der Waals surface area contributed by atoms with E-state index in [1.165, 1.54) is 23.5 Å². The van der Waals surface area contributed by atoms with E-state index in [2.05, 4.69) is 10.3 Å². The molecule has 0 atom stereocenters. The summed E-state index contributed by atoms with van der Waals surface area (Å²) >= 11 is 1.53. The van der Waals surface area contributed by atoms with Gasteiger partial charge in [0.15, 0.2) is 0 Å². The third-order valence-corrected chi connectivity index (χ3v) is 3.93. The van der Waals surface area contributed by atoms with Gasteiger partial charge in [0.05, 0.1) is 17.2 Å². The molecule has 0 fully saturated rings. The minimum absolute atomic E-state index is 0.0131. The molecule has 0 aliphatic rings. The highest BCUT2D eigenvalue weighted by Gasteiger charge is 2.16. The van der Waals surface area contributed by atoms with Crippen LogP contribution in [-0.2, 0) is 13.1 Å². The van der Waals surface area contributed by atoms with Crippen LogP contribution in [0.15, 0.2) is 17.5 Å². The lowest BCUT2D eigenvalue weighted by Gasteiger charge is -2.20. The number of nitrogens with one attached hydrogen (secondary N) is 1. The minimum atomic E-state index is -0.544. The molecule has 1 heterocycles. The molecule has 0 bridgehead atoms. The fraction of sp³-hybridized carbons (Fsp3) is 0.400. The number of hydrogen-bond donors (Lipinski definition) is 1. The van der Waals surface area contributed by atoms with E-state index in [1.54, 1.807) is 11.9 Å². The Morgan fingerprint density at radius 2 is 1.95 bits per heavy atom. The molecule has 3 nitrogen and oxygen atoms in total. The highest BCUT2D eigenvalue weighted by molar-refractivity contribution is 7.09. The number of nitrogens with zero attached hydrogens (tertiary/aromatic N) is 2.